The van der Waals surface area contributed by atoms with Gasteiger partial charge in [0.15, 0.2) is 0 Å². The highest BCUT2D eigenvalue weighted by atomic mass is 16.5. The van der Waals surface area contributed by atoms with Gasteiger partial charge in [-0.1, -0.05) is 72.1 Å². The first-order valence-electron chi connectivity index (χ1n) is 14.8. The molecule has 0 aromatic carbocycles. The van der Waals surface area contributed by atoms with E-state index in [2.05, 4.69) is 47.3 Å². The number of hydrogen-bond donors (Lipinski definition) is 0. The van der Waals surface area contributed by atoms with Gasteiger partial charge in [0.25, 0.3) is 0 Å². The van der Waals surface area contributed by atoms with Crippen LogP contribution in [-0.4, -0.2) is 19.3 Å². The van der Waals surface area contributed by atoms with Gasteiger partial charge in [0, 0.05) is 6.42 Å². The van der Waals surface area contributed by atoms with Crippen LogP contribution in [0.3, 0.4) is 0 Å². The molecule has 0 radical (unpaired) electrons. The lowest BCUT2D eigenvalue weighted by molar-refractivity contribution is -0.0645. The van der Waals surface area contributed by atoms with Crippen LogP contribution in [0, 0.1) is 46.3 Å². The van der Waals surface area contributed by atoms with Crippen molar-refractivity contribution >= 4 is 0 Å². The molecule has 34 heavy (non-hydrogen) atoms. The van der Waals surface area contributed by atoms with Gasteiger partial charge < -0.3 is 9.47 Å². The second-order valence-corrected chi connectivity index (χ2v) is 13.4. The first kappa shape index (κ1) is 26.3. The number of rotatable bonds is 11. The molecule has 4 aliphatic carbocycles. The van der Waals surface area contributed by atoms with E-state index < -0.39 is 0 Å². The van der Waals surface area contributed by atoms with Crippen LogP contribution in [0.1, 0.15) is 112 Å². The maximum Gasteiger partial charge on any atom is 0.0895 e. The van der Waals surface area contributed by atoms with Crippen molar-refractivity contribution < 1.29 is 9.47 Å². The Labute approximate surface area is 211 Å². The molecule has 4 aliphatic rings. The van der Waals surface area contributed by atoms with Crippen molar-refractivity contribution in [3.05, 3.63) is 24.5 Å². The second kappa shape index (κ2) is 11.1. The number of allylic oxidation sites excluding steroid dienone is 1. The Kier molecular flexibility index (Phi) is 8.59. The van der Waals surface area contributed by atoms with Crippen molar-refractivity contribution in [2.75, 3.05) is 13.2 Å². The zero-order valence-electron chi connectivity index (χ0n) is 23.1. The molecule has 194 valence electrons. The van der Waals surface area contributed by atoms with Crippen molar-refractivity contribution in [2.24, 2.45) is 46.3 Å². The van der Waals surface area contributed by atoms with Crippen LogP contribution in [-0.2, 0) is 9.47 Å². The van der Waals surface area contributed by atoms with Gasteiger partial charge in [-0.2, -0.15) is 0 Å². The minimum absolute atomic E-state index is 0.413. The zero-order chi connectivity index (χ0) is 24.3. The lowest BCUT2D eigenvalue weighted by atomic mass is 9.47. The van der Waals surface area contributed by atoms with Crippen LogP contribution in [0.25, 0.3) is 0 Å². The SMILES string of the molecule is C=COCCCOC1CCC2(C)C(=CCC3C2CCC2(C)C(C(C)CCCC(C)C)CCC32)C1. The summed E-state index contributed by atoms with van der Waals surface area (Å²) in [6.07, 6.45) is 20.9. The lowest BCUT2D eigenvalue weighted by Gasteiger charge is -2.58. The standard InChI is InChI=1S/C32H54O2/c1-7-33-20-9-21-34-26-16-18-31(5)25(22-26)12-13-27-29-15-14-28(24(4)11-8-10-23(2)3)32(29,6)19-17-30(27)31/h7,12,23-24,26-30H,1,8-11,13-22H2,2-6H3. The third-order valence-electron chi connectivity index (χ3n) is 11.1. The van der Waals surface area contributed by atoms with Crippen LogP contribution in [0.4, 0.5) is 0 Å². The Balaban J connectivity index is 1.38. The predicted molar refractivity (Wildman–Crippen MR) is 144 cm³/mol. The molecule has 4 rings (SSSR count). The molecule has 3 fully saturated rings. The molecule has 3 saturated carbocycles. The first-order chi connectivity index (χ1) is 16.3. The summed E-state index contributed by atoms with van der Waals surface area (Å²) in [7, 11) is 0. The monoisotopic (exact) mass is 470 g/mol. The predicted octanol–water partition coefficient (Wildman–Crippen LogP) is 8.96. The molecular formula is C32H54O2. The lowest BCUT2D eigenvalue weighted by Crippen LogP contribution is -2.51. The molecule has 0 heterocycles. The van der Waals surface area contributed by atoms with Crippen LogP contribution in [0.2, 0.25) is 0 Å². The summed E-state index contributed by atoms with van der Waals surface area (Å²) >= 11 is 0. The van der Waals surface area contributed by atoms with Gasteiger partial charge in [0.05, 0.1) is 25.6 Å². The molecule has 0 spiro atoms. The van der Waals surface area contributed by atoms with Crippen LogP contribution in [0.15, 0.2) is 24.5 Å². The molecule has 0 amide bonds. The van der Waals surface area contributed by atoms with E-state index >= 15 is 0 Å². The largest absolute Gasteiger partial charge is 0.502 e. The summed E-state index contributed by atoms with van der Waals surface area (Å²) in [5.41, 5.74) is 2.76. The molecule has 0 aliphatic heterocycles. The van der Waals surface area contributed by atoms with E-state index in [1.807, 2.05) is 0 Å². The fourth-order valence-electron chi connectivity index (χ4n) is 9.27. The Bertz CT molecular complexity index is 710. The van der Waals surface area contributed by atoms with E-state index in [1.54, 1.807) is 5.57 Å². The highest BCUT2D eigenvalue weighted by Crippen LogP contribution is 2.67. The summed E-state index contributed by atoms with van der Waals surface area (Å²) in [5.74, 6) is 5.50. The highest BCUT2D eigenvalue weighted by molar-refractivity contribution is 5.25. The van der Waals surface area contributed by atoms with Crippen molar-refractivity contribution in [1.29, 1.82) is 0 Å². The topological polar surface area (TPSA) is 18.5 Å². The van der Waals surface area contributed by atoms with Crippen molar-refractivity contribution in [3.8, 4) is 0 Å². The molecule has 0 saturated heterocycles. The van der Waals surface area contributed by atoms with Gasteiger partial charge in [-0.15, -0.1) is 0 Å². The van der Waals surface area contributed by atoms with Crippen molar-refractivity contribution in [3.63, 3.8) is 0 Å². The molecule has 8 unspecified atom stereocenters. The Hall–Kier alpha value is -0.760. The number of fused-ring (bicyclic) bond motifs is 5. The van der Waals surface area contributed by atoms with Gasteiger partial charge in [0.1, 0.15) is 0 Å². The average Bonchev–Trinajstić information content (AvgIpc) is 3.16. The fraction of sp³-hybridized carbons (Fsp3) is 0.875. The normalized spacial score (nSPS) is 40.2. The zero-order valence-corrected chi connectivity index (χ0v) is 23.1. The van der Waals surface area contributed by atoms with E-state index in [0.717, 1.165) is 55.1 Å². The summed E-state index contributed by atoms with van der Waals surface area (Å²) in [4.78, 5) is 0. The highest BCUT2D eigenvalue weighted by Gasteiger charge is 2.59. The third kappa shape index (κ3) is 5.18. The van der Waals surface area contributed by atoms with Gasteiger partial charge in [-0.05, 0) is 97.7 Å². The maximum atomic E-state index is 6.28. The van der Waals surface area contributed by atoms with Crippen molar-refractivity contribution in [1.82, 2.24) is 0 Å². The number of hydrogen-bond acceptors (Lipinski definition) is 2. The quantitative estimate of drug-likeness (QED) is 0.170. The second-order valence-electron chi connectivity index (χ2n) is 13.4. The summed E-state index contributed by atoms with van der Waals surface area (Å²) in [6, 6.07) is 0. The molecule has 0 aromatic rings. The fourth-order valence-corrected chi connectivity index (χ4v) is 9.27. The molecule has 2 heteroatoms. The Morgan fingerprint density at radius 1 is 1.00 bits per heavy atom. The number of ether oxygens (including phenoxy) is 2. The summed E-state index contributed by atoms with van der Waals surface area (Å²) in [6.45, 7) is 17.8. The van der Waals surface area contributed by atoms with E-state index in [-0.39, 0.29) is 0 Å². The molecular weight excluding hydrogens is 416 g/mol. The van der Waals surface area contributed by atoms with Crippen LogP contribution >= 0.6 is 0 Å². The minimum atomic E-state index is 0.413. The molecule has 0 N–H and O–H groups in total. The molecule has 2 nitrogen and oxygen atoms in total. The Morgan fingerprint density at radius 3 is 2.59 bits per heavy atom. The Morgan fingerprint density at radius 2 is 1.82 bits per heavy atom. The smallest absolute Gasteiger partial charge is 0.0895 e. The third-order valence-corrected chi connectivity index (χ3v) is 11.1. The van der Waals surface area contributed by atoms with Gasteiger partial charge in [0.2, 0.25) is 0 Å². The van der Waals surface area contributed by atoms with Crippen molar-refractivity contribution in [2.45, 2.75) is 118 Å². The molecule has 0 bridgehead atoms. The molecule has 8 atom stereocenters. The maximum absolute atomic E-state index is 6.28. The van der Waals surface area contributed by atoms with E-state index in [0.29, 0.717) is 16.9 Å². The molecule has 0 aromatic heterocycles. The van der Waals surface area contributed by atoms with E-state index in [9.17, 15) is 0 Å². The van der Waals surface area contributed by atoms with E-state index in [4.69, 9.17) is 9.47 Å². The van der Waals surface area contributed by atoms with E-state index in [1.165, 1.54) is 76.9 Å². The first-order valence-corrected chi connectivity index (χ1v) is 14.8. The van der Waals surface area contributed by atoms with Crippen LogP contribution in [0.5, 0.6) is 0 Å². The van der Waals surface area contributed by atoms with Gasteiger partial charge >= 0.3 is 0 Å². The summed E-state index contributed by atoms with van der Waals surface area (Å²) in [5, 5.41) is 0. The minimum Gasteiger partial charge on any atom is -0.502 e. The van der Waals surface area contributed by atoms with Crippen LogP contribution < -0.4 is 0 Å². The van der Waals surface area contributed by atoms with Gasteiger partial charge in [-0.25, -0.2) is 0 Å². The summed E-state index contributed by atoms with van der Waals surface area (Å²) < 4.78 is 11.5. The van der Waals surface area contributed by atoms with Gasteiger partial charge in [-0.3, -0.25) is 0 Å². The average molecular weight is 471 g/mol.